The van der Waals surface area contributed by atoms with Gasteiger partial charge in [-0.2, -0.15) is 0 Å². The van der Waals surface area contributed by atoms with Gasteiger partial charge in [-0.3, -0.25) is 9.69 Å². The average Bonchev–Trinajstić information content (AvgIpc) is 3.38. The van der Waals surface area contributed by atoms with Crippen LogP contribution in [-0.4, -0.2) is 37.0 Å². The smallest absolute Gasteiger partial charge is 0.291 e. The van der Waals surface area contributed by atoms with E-state index in [0.29, 0.717) is 16.5 Å². The first-order valence-electron chi connectivity index (χ1n) is 11.5. The molecule has 0 saturated carbocycles. The second kappa shape index (κ2) is 10.3. The number of carbonyl (C=O) groups excluding carboxylic acids is 1. The van der Waals surface area contributed by atoms with Crippen LogP contribution < -0.4 is 10.2 Å². The second-order valence-corrected chi connectivity index (χ2v) is 9.00. The zero-order chi connectivity index (χ0) is 24.2. The van der Waals surface area contributed by atoms with Gasteiger partial charge in [0.2, 0.25) is 0 Å². The van der Waals surface area contributed by atoms with Crippen LogP contribution >= 0.6 is 11.6 Å². The number of nitrogens with zero attached hydrogens (tertiary/aromatic N) is 2. The fourth-order valence-corrected chi connectivity index (χ4v) is 4.32. The number of furan rings is 1. The minimum Gasteiger partial charge on any atom is -0.451 e. The number of anilines is 2. The van der Waals surface area contributed by atoms with Gasteiger partial charge in [-0.1, -0.05) is 23.7 Å². The molecule has 2 heterocycles. The molecule has 0 unspecified atom stereocenters. The summed E-state index contributed by atoms with van der Waals surface area (Å²) in [5.74, 6) is 0.356. The number of amides is 1. The molecule has 0 radical (unpaired) electrons. The number of piperazine rings is 1. The maximum absolute atomic E-state index is 13.1. The molecule has 1 N–H and O–H groups in total. The van der Waals surface area contributed by atoms with E-state index in [9.17, 15) is 9.18 Å². The SMILES string of the molecule is O=C(Nc1ccc(N2CCN(Cc3ccc(F)cc3)CC2)cc1)c1ccc(-c2ccc(Cl)cc2)o1. The van der Waals surface area contributed by atoms with Crippen LogP contribution in [0.5, 0.6) is 0 Å². The maximum Gasteiger partial charge on any atom is 0.291 e. The zero-order valence-corrected chi connectivity index (χ0v) is 19.8. The Morgan fingerprint density at radius 2 is 1.54 bits per heavy atom. The van der Waals surface area contributed by atoms with Crippen LogP contribution in [0.15, 0.2) is 89.3 Å². The molecular weight excluding hydrogens is 465 g/mol. The molecule has 0 aliphatic carbocycles. The van der Waals surface area contributed by atoms with Crippen LogP contribution in [0.3, 0.4) is 0 Å². The minimum atomic E-state index is -0.299. The van der Waals surface area contributed by atoms with E-state index in [1.807, 2.05) is 48.5 Å². The first kappa shape index (κ1) is 23.1. The van der Waals surface area contributed by atoms with Crippen LogP contribution in [-0.2, 0) is 6.54 Å². The third-order valence-corrected chi connectivity index (χ3v) is 6.39. The predicted molar refractivity (Wildman–Crippen MR) is 137 cm³/mol. The van der Waals surface area contributed by atoms with Gasteiger partial charge < -0.3 is 14.6 Å². The van der Waals surface area contributed by atoms with Crippen molar-refractivity contribution in [2.24, 2.45) is 0 Å². The molecule has 7 heteroatoms. The Bertz CT molecular complexity index is 1280. The van der Waals surface area contributed by atoms with Crippen molar-refractivity contribution in [1.82, 2.24) is 4.90 Å². The maximum atomic E-state index is 13.1. The van der Waals surface area contributed by atoms with E-state index in [4.69, 9.17) is 16.0 Å². The molecule has 1 amide bonds. The minimum absolute atomic E-state index is 0.204. The summed E-state index contributed by atoms with van der Waals surface area (Å²) in [6.07, 6.45) is 0. The summed E-state index contributed by atoms with van der Waals surface area (Å²) in [6.45, 7) is 4.51. The van der Waals surface area contributed by atoms with Gasteiger partial charge in [0.1, 0.15) is 11.6 Å². The highest BCUT2D eigenvalue weighted by atomic mass is 35.5. The molecule has 1 aliphatic heterocycles. The van der Waals surface area contributed by atoms with Gasteiger partial charge in [-0.15, -0.1) is 0 Å². The lowest BCUT2D eigenvalue weighted by atomic mass is 10.2. The number of benzene rings is 3. The lowest BCUT2D eigenvalue weighted by Gasteiger charge is -2.36. The third kappa shape index (κ3) is 5.73. The van der Waals surface area contributed by atoms with Crippen molar-refractivity contribution < 1.29 is 13.6 Å². The summed E-state index contributed by atoms with van der Waals surface area (Å²) in [6, 6.07) is 25.3. The van der Waals surface area contributed by atoms with Gasteiger partial charge >= 0.3 is 0 Å². The summed E-state index contributed by atoms with van der Waals surface area (Å²) in [7, 11) is 0. The van der Waals surface area contributed by atoms with E-state index in [1.54, 1.807) is 24.3 Å². The van der Waals surface area contributed by atoms with Crippen molar-refractivity contribution in [2.45, 2.75) is 6.54 Å². The number of carbonyl (C=O) groups is 1. The number of hydrogen-bond acceptors (Lipinski definition) is 4. The van der Waals surface area contributed by atoms with Crippen molar-refractivity contribution >= 4 is 28.9 Å². The standard InChI is InChI=1S/C28H25ClFN3O2/c29-22-5-3-21(4-6-22)26-13-14-27(35-26)28(34)31-24-9-11-25(12-10-24)33-17-15-32(16-18-33)19-20-1-7-23(30)8-2-20/h1-14H,15-19H2,(H,31,34). The van der Waals surface area contributed by atoms with Gasteiger partial charge in [0.05, 0.1) is 0 Å². The molecule has 1 saturated heterocycles. The molecule has 0 atom stereocenters. The van der Waals surface area contributed by atoms with Crippen molar-refractivity contribution in [3.8, 4) is 11.3 Å². The van der Waals surface area contributed by atoms with Gasteiger partial charge in [-0.05, 0) is 78.4 Å². The molecule has 5 rings (SSSR count). The third-order valence-electron chi connectivity index (χ3n) is 6.14. The van der Waals surface area contributed by atoms with Crippen LogP contribution in [0.1, 0.15) is 16.1 Å². The number of rotatable bonds is 6. The fourth-order valence-electron chi connectivity index (χ4n) is 4.19. The van der Waals surface area contributed by atoms with Crippen LogP contribution in [0.4, 0.5) is 15.8 Å². The Kier molecular flexibility index (Phi) is 6.84. The van der Waals surface area contributed by atoms with Crippen molar-refractivity contribution in [2.75, 3.05) is 36.4 Å². The molecule has 1 aromatic heterocycles. The summed E-state index contributed by atoms with van der Waals surface area (Å²) < 4.78 is 18.8. The lowest BCUT2D eigenvalue weighted by Crippen LogP contribution is -2.45. The lowest BCUT2D eigenvalue weighted by molar-refractivity contribution is 0.0997. The quantitative estimate of drug-likeness (QED) is 0.344. The van der Waals surface area contributed by atoms with Gasteiger partial charge in [-0.25, -0.2) is 4.39 Å². The molecule has 3 aromatic carbocycles. The van der Waals surface area contributed by atoms with Gasteiger partial charge in [0, 0.05) is 54.7 Å². The molecule has 178 valence electrons. The summed E-state index contributed by atoms with van der Waals surface area (Å²) in [5, 5.41) is 3.54. The van der Waals surface area contributed by atoms with Crippen molar-refractivity contribution in [3.05, 3.63) is 107 Å². The van der Waals surface area contributed by atoms with E-state index in [1.165, 1.54) is 12.1 Å². The van der Waals surface area contributed by atoms with E-state index in [-0.39, 0.29) is 17.5 Å². The number of hydrogen-bond donors (Lipinski definition) is 1. The van der Waals surface area contributed by atoms with Crippen LogP contribution in [0.2, 0.25) is 5.02 Å². The Labute approximate surface area is 208 Å². The molecule has 35 heavy (non-hydrogen) atoms. The number of nitrogens with one attached hydrogen (secondary N) is 1. The van der Waals surface area contributed by atoms with Crippen LogP contribution in [0.25, 0.3) is 11.3 Å². The first-order valence-corrected chi connectivity index (χ1v) is 11.9. The zero-order valence-electron chi connectivity index (χ0n) is 19.1. The Morgan fingerprint density at radius 1 is 0.857 bits per heavy atom. The largest absolute Gasteiger partial charge is 0.451 e. The van der Waals surface area contributed by atoms with E-state index < -0.39 is 0 Å². The Morgan fingerprint density at radius 3 is 2.23 bits per heavy atom. The van der Waals surface area contributed by atoms with E-state index in [0.717, 1.165) is 49.5 Å². The number of halogens is 2. The Balaban J connectivity index is 1.14. The normalized spacial score (nSPS) is 14.2. The van der Waals surface area contributed by atoms with Gasteiger partial charge in [0.25, 0.3) is 5.91 Å². The summed E-state index contributed by atoms with van der Waals surface area (Å²) in [4.78, 5) is 17.3. The van der Waals surface area contributed by atoms with Crippen LogP contribution in [0, 0.1) is 5.82 Å². The molecule has 1 aliphatic rings. The monoisotopic (exact) mass is 489 g/mol. The van der Waals surface area contributed by atoms with Gasteiger partial charge in [0.15, 0.2) is 5.76 Å². The topological polar surface area (TPSA) is 48.7 Å². The molecule has 0 spiro atoms. The first-order chi connectivity index (χ1) is 17.0. The highest BCUT2D eigenvalue weighted by Crippen LogP contribution is 2.25. The van der Waals surface area contributed by atoms with E-state index in [2.05, 4.69) is 15.1 Å². The highest BCUT2D eigenvalue weighted by Gasteiger charge is 2.18. The second-order valence-electron chi connectivity index (χ2n) is 8.56. The highest BCUT2D eigenvalue weighted by molar-refractivity contribution is 6.30. The molecule has 4 aromatic rings. The molecule has 5 nitrogen and oxygen atoms in total. The Hall–Kier alpha value is -3.61. The molecule has 0 bridgehead atoms. The molecule has 1 fully saturated rings. The van der Waals surface area contributed by atoms with E-state index >= 15 is 0 Å². The average molecular weight is 490 g/mol. The fraction of sp³-hybridized carbons (Fsp3) is 0.179. The molecular formula is C28H25ClFN3O2. The predicted octanol–water partition coefficient (Wildman–Crippen LogP) is 6.31. The van der Waals surface area contributed by atoms with Crippen molar-refractivity contribution in [3.63, 3.8) is 0 Å². The van der Waals surface area contributed by atoms with Crippen molar-refractivity contribution in [1.29, 1.82) is 0 Å². The summed E-state index contributed by atoms with van der Waals surface area (Å²) in [5.41, 5.74) is 3.80. The summed E-state index contributed by atoms with van der Waals surface area (Å²) >= 11 is 5.94.